The van der Waals surface area contributed by atoms with Crippen molar-refractivity contribution in [2.45, 2.75) is 0 Å². The fourth-order valence-electron chi connectivity index (χ4n) is 0.979. The Balaban J connectivity index is 2.68. The summed E-state index contributed by atoms with van der Waals surface area (Å²) in [6, 6.07) is 0. The normalized spacial score (nSPS) is 10.4. The van der Waals surface area contributed by atoms with E-state index in [1.165, 1.54) is 13.4 Å². The first-order chi connectivity index (χ1) is 7.15. The monoisotopic (exact) mass is 213 g/mol. The molecule has 0 saturated heterocycles. The fourth-order valence-corrected chi connectivity index (χ4v) is 0.979. The summed E-state index contributed by atoms with van der Waals surface area (Å²) in [5.41, 5.74) is -0.340. The van der Waals surface area contributed by atoms with Gasteiger partial charge in [-0.25, -0.2) is 4.98 Å². The molecule has 1 N–H and O–H groups in total. The number of aromatic nitrogens is 2. The number of aromatic amines is 1. The van der Waals surface area contributed by atoms with Crippen molar-refractivity contribution >= 4 is 0 Å². The number of nitrogens with zero attached hydrogens (tertiary/aromatic N) is 2. The first-order valence-electron chi connectivity index (χ1n) is 4.54. The van der Waals surface area contributed by atoms with Gasteiger partial charge in [0.25, 0.3) is 11.4 Å². The van der Waals surface area contributed by atoms with Crippen molar-refractivity contribution in [1.82, 2.24) is 14.9 Å². The van der Waals surface area contributed by atoms with E-state index in [-0.39, 0.29) is 17.2 Å². The first kappa shape index (κ1) is 11.5. The van der Waals surface area contributed by atoms with Gasteiger partial charge in [0.2, 0.25) is 5.75 Å². The van der Waals surface area contributed by atoms with Crippen LogP contribution in [0.15, 0.2) is 11.1 Å². The van der Waals surface area contributed by atoms with E-state index in [9.17, 15) is 4.79 Å². The molecule has 6 nitrogen and oxygen atoms in total. The van der Waals surface area contributed by atoms with E-state index in [0.29, 0.717) is 6.61 Å². The Kier molecular flexibility index (Phi) is 4.11. The van der Waals surface area contributed by atoms with Crippen LogP contribution in [0.5, 0.6) is 11.6 Å². The van der Waals surface area contributed by atoms with Crippen LogP contribution >= 0.6 is 0 Å². The van der Waals surface area contributed by atoms with Crippen LogP contribution in [-0.4, -0.2) is 49.2 Å². The second kappa shape index (κ2) is 5.35. The summed E-state index contributed by atoms with van der Waals surface area (Å²) in [7, 11) is 5.28. The van der Waals surface area contributed by atoms with E-state index in [4.69, 9.17) is 9.47 Å². The van der Waals surface area contributed by atoms with Gasteiger partial charge in [0.15, 0.2) is 0 Å². The standard InChI is InChI=1S/C9H15N3O3/c1-12(2)4-5-15-9-7(14-3)8(13)10-6-11-9/h6H,4-5H2,1-3H3,(H,10,11,13). The SMILES string of the molecule is COc1c(OCCN(C)C)nc[nH]c1=O. The quantitative estimate of drug-likeness (QED) is 0.728. The van der Waals surface area contributed by atoms with Gasteiger partial charge < -0.3 is 19.4 Å². The van der Waals surface area contributed by atoms with Crippen LogP contribution in [0.25, 0.3) is 0 Å². The largest absolute Gasteiger partial charge is 0.487 e. The van der Waals surface area contributed by atoms with Gasteiger partial charge in [-0.1, -0.05) is 0 Å². The molecule has 0 amide bonds. The minimum absolute atomic E-state index is 0.108. The predicted octanol–water partition coefficient (Wildman–Crippen LogP) is -0.281. The van der Waals surface area contributed by atoms with Crippen LogP contribution in [-0.2, 0) is 0 Å². The molecule has 1 aromatic rings. The second-order valence-electron chi connectivity index (χ2n) is 3.22. The number of methoxy groups -OCH3 is 1. The highest BCUT2D eigenvalue weighted by molar-refractivity contribution is 5.29. The van der Waals surface area contributed by atoms with Gasteiger partial charge in [0.1, 0.15) is 6.61 Å². The number of hydrogen-bond acceptors (Lipinski definition) is 5. The zero-order valence-corrected chi connectivity index (χ0v) is 9.11. The van der Waals surface area contributed by atoms with Gasteiger partial charge in [0.05, 0.1) is 13.4 Å². The van der Waals surface area contributed by atoms with E-state index in [0.717, 1.165) is 6.54 Å². The number of hydrogen-bond donors (Lipinski definition) is 1. The average Bonchev–Trinajstić information content (AvgIpc) is 2.17. The molecule has 1 heterocycles. The molecule has 15 heavy (non-hydrogen) atoms. The lowest BCUT2D eigenvalue weighted by atomic mass is 10.5. The average molecular weight is 213 g/mol. The molecule has 0 bridgehead atoms. The predicted molar refractivity (Wildman–Crippen MR) is 55.5 cm³/mol. The molecule has 6 heteroatoms. The number of rotatable bonds is 5. The maximum atomic E-state index is 11.3. The van der Waals surface area contributed by atoms with Gasteiger partial charge in [-0.05, 0) is 14.1 Å². The topological polar surface area (TPSA) is 67.5 Å². The highest BCUT2D eigenvalue weighted by Gasteiger charge is 2.09. The van der Waals surface area contributed by atoms with Crippen molar-refractivity contribution in [2.24, 2.45) is 0 Å². The summed E-state index contributed by atoms with van der Waals surface area (Å²) in [4.78, 5) is 19.5. The minimum atomic E-state index is -0.340. The Morgan fingerprint density at radius 3 is 2.87 bits per heavy atom. The van der Waals surface area contributed by atoms with Crippen molar-refractivity contribution in [2.75, 3.05) is 34.4 Å². The summed E-state index contributed by atoms with van der Waals surface area (Å²) in [5, 5.41) is 0. The lowest BCUT2D eigenvalue weighted by Gasteiger charge is -2.11. The van der Waals surface area contributed by atoms with Gasteiger partial charge >= 0.3 is 0 Å². The molecule has 1 aromatic heterocycles. The molecule has 0 radical (unpaired) electrons. The van der Waals surface area contributed by atoms with E-state index < -0.39 is 0 Å². The molecule has 0 atom stereocenters. The van der Waals surface area contributed by atoms with Gasteiger partial charge in [-0.2, -0.15) is 0 Å². The second-order valence-corrected chi connectivity index (χ2v) is 3.22. The van der Waals surface area contributed by atoms with Crippen LogP contribution in [0.2, 0.25) is 0 Å². The zero-order valence-electron chi connectivity index (χ0n) is 9.11. The number of ether oxygens (including phenoxy) is 2. The van der Waals surface area contributed by atoms with E-state index in [1.807, 2.05) is 19.0 Å². The molecule has 0 aliphatic rings. The smallest absolute Gasteiger partial charge is 0.297 e. The van der Waals surface area contributed by atoms with Crippen molar-refractivity contribution in [1.29, 1.82) is 0 Å². The first-order valence-corrected chi connectivity index (χ1v) is 4.54. The number of nitrogens with one attached hydrogen (secondary N) is 1. The van der Waals surface area contributed by atoms with E-state index in [2.05, 4.69) is 9.97 Å². The minimum Gasteiger partial charge on any atom is -0.487 e. The summed E-state index contributed by atoms with van der Waals surface area (Å²) < 4.78 is 10.2. The molecule has 0 unspecified atom stereocenters. The highest BCUT2D eigenvalue weighted by Crippen LogP contribution is 2.16. The molecular formula is C9H15N3O3. The Morgan fingerprint density at radius 2 is 2.27 bits per heavy atom. The van der Waals surface area contributed by atoms with Crippen molar-refractivity contribution in [3.63, 3.8) is 0 Å². The molecule has 1 rings (SSSR count). The summed E-state index contributed by atoms with van der Waals surface area (Å²) in [6.45, 7) is 1.21. The number of H-pyrrole nitrogens is 1. The Labute approximate surface area is 87.8 Å². The Bertz CT molecular complexity index is 362. The zero-order chi connectivity index (χ0) is 11.3. The van der Waals surface area contributed by atoms with E-state index in [1.54, 1.807) is 0 Å². The molecule has 84 valence electrons. The fraction of sp³-hybridized carbons (Fsp3) is 0.556. The van der Waals surface area contributed by atoms with Gasteiger partial charge in [0, 0.05) is 6.54 Å². The number of likely N-dealkylation sites (N-methyl/N-ethyl adjacent to an activating group) is 1. The third kappa shape index (κ3) is 3.25. The van der Waals surface area contributed by atoms with Crippen molar-refractivity contribution in [3.05, 3.63) is 16.7 Å². The molecule has 0 aliphatic heterocycles. The van der Waals surface area contributed by atoms with Crippen molar-refractivity contribution in [3.8, 4) is 11.6 Å². The maximum Gasteiger partial charge on any atom is 0.297 e. The van der Waals surface area contributed by atoms with Crippen LogP contribution < -0.4 is 15.0 Å². The van der Waals surface area contributed by atoms with Crippen LogP contribution in [0.1, 0.15) is 0 Å². The third-order valence-corrected chi connectivity index (χ3v) is 1.76. The van der Waals surface area contributed by atoms with Crippen LogP contribution in [0.4, 0.5) is 0 Å². The lowest BCUT2D eigenvalue weighted by molar-refractivity contribution is 0.241. The van der Waals surface area contributed by atoms with Gasteiger partial charge in [-0.15, -0.1) is 0 Å². The Morgan fingerprint density at radius 1 is 1.53 bits per heavy atom. The van der Waals surface area contributed by atoms with Crippen molar-refractivity contribution < 1.29 is 9.47 Å². The molecule has 0 spiro atoms. The summed E-state index contributed by atoms with van der Waals surface area (Å²) in [6.07, 6.45) is 1.29. The third-order valence-electron chi connectivity index (χ3n) is 1.76. The van der Waals surface area contributed by atoms with Crippen LogP contribution in [0.3, 0.4) is 0 Å². The molecule has 0 fully saturated rings. The molecule has 0 aliphatic carbocycles. The molecule has 0 aromatic carbocycles. The van der Waals surface area contributed by atoms with Crippen LogP contribution in [0, 0.1) is 0 Å². The lowest BCUT2D eigenvalue weighted by Crippen LogP contribution is -2.21. The van der Waals surface area contributed by atoms with Gasteiger partial charge in [-0.3, -0.25) is 4.79 Å². The molecule has 0 saturated carbocycles. The summed E-state index contributed by atoms with van der Waals surface area (Å²) in [5.74, 6) is 0.333. The summed E-state index contributed by atoms with van der Waals surface area (Å²) >= 11 is 0. The maximum absolute atomic E-state index is 11.3. The highest BCUT2D eigenvalue weighted by atomic mass is 16.5. The Hall–Kier alpha value is -1.56. The van der Waals surface area contributed by atoms with E-state index >= 15 is 0 Å². The molecular weight excluding hydrogens is 198 g/mol.